The number of aryl methyl sites for hydroxylation is 1. The van der Waals surface area contributed by atoms with Gasteiger partial charge in [0.15, 0.2) is 5.54 Å². The fraction of sp³-hybridized carbons (Fsp3) is 0.143. The van der Waals surface area contributed by atoms with Crippen molar-refractivity contribution >= 4 is 34.5 Å². The molecule has 3 aromatic rings. The topological polar surface area (TPSA) is 49.4 Å². The van der Waals surface area contributed by atoms with Crippen LogP contribution in [0.4, 0.5) is 11.4 Å². The van der Waals surface area contributed by atoms with E-state index >= 15 is 0 Å². The van der Waals surface area contributed by atoms with E-state index in [9.17, 15) is 9.59 Å². The van der Waals surface area contributed by atoms with Gasteiger partial charge in [0.05, 0.1) is 6.42 Å². The molecule has 4 nitrogen and oxygen atoms in total. The Labute approximate surface area is 156 Å². The van der Waals surface area contributed by atoms with E-state index < -0.39 is 5.54 Å². The zero-order chi connectivity index (χ0) is 18.1. The average molecular weight is 362 g/mol. The number of benzene rings is 2. The van der Waals surface area contributed by atoms with Gasteiger partial charge in [-0.1, -0.05) is 42.5 Å². The summed E-state index contributed by atoms with van der Waals surface area (Å²) in [5.41, 5.74) is 1.48. The van der Waals surface area contributed by atoms with Crippen molar-refractivity contribution in [1.82, 2.24) is 0 Å². The fourth-order valence-corrected chi connectivity index (χ4v) is 4.30. The van der Waals surface area contributed by atoms with Crippen LogP contribution in [0.2, 0.25) is 0 Å². The predicted molar refractivity (Wildman–Crippen MR) is 104 cm³/mol. The Balaban J connectivity index is 1.77. The SMILES string of the molecule is Cc1ccccc1NC(=O)[C@@]1(c2cccs2)CC(=O)N1c1ccccc1. The first-order chi connectivity index (χ1) is 12.6. The van der Waals surface area contributed by atoms with E-state index in [0.717, 1.165) is 21.8 Å². The Morgan fingerprint density at radius 1 is 1.04 bits per heavy atom. The number of nitrogens with zero attached hydrogens (tertiary/aromatic N) is 1. The summed E-state index contributed by atoms with van der Waals surface area (Å²) in [5.74, 6) is -0.234. The molecule has 1 fully saturated rings. The van der Waals surface area contributed by atoms with E-state index in [2.05, 4.69) is 5.32 Å². The molecule has 0 radical (unpaired) electrons. The lowest BCUT2D eigenvalue weighted by molar-refractivity contribution is -0.137. The number of carbonyl (C=O) groups excluding carboxylic acids is 2. The summed E-state index contributed by atoms with van der Waals surface area (Å²) < 4.78 is 0. The third-order valence-electron chi connectivity index (χ3n) is 4.75. The molecule has 0 bridgehead atoms. The smallest absolute Gasteiger partial charge is 0.256 e. The number of anilines is 2. The maximum Gasteiger partial charge on any atom is 0.256 e. The van der Waals surface area contributed by atoms with Crippen LogP contribution in [-0.2, 0) is 15.1 Å². The van der Waals surface area contributed by atoms with Gasteiger partial charge in [0.1, 0.15) is 0 Å². The third-order valence-corrected chi connectivity index (χ3v) is 5.77. The molecule has 0 unspecified atom stereocenters. The minimum absolute atomic E-state index is 0.0514. The second-order valence-corrected chi connectivity index (χ2v) is 7.30. The first-order valence-electron chi connectivity index (χ1n) is 8.42. The molecule has 26 heavy (non-hydrogen) atoms. The summed E-state index contributed by atoms with van der Waals surface area (Å²) in [6.45, 7) is 1.95. The summed E-state index contributed by atoms with van der Waals surface area (Å²) >= 11 is 1.49. The lowest BCUT2D eigenvalue weighted by Gasteiger charge is -2.49. The molecule has 0 saturated carbocycles. The van der Waals surface area contributed by atoms with Gasteiger partial charge in [-0.15, -0.1) is 11.3 Å². The molecule has 1 saturated heterocycles. The molecule has 0 aliphatic carbocycles. The number of amides is 2. The van der Waals surface area contributed by atoms with Gasteiger partial charge < -0.3 is 5.32 Å². The van der Waals surface area contributed by atoms with Crippen LogP contribution in [0.15, 0.2) is 72.1 Å². The standard InChI is InChI=1S/C21H18N2O2S/c1-15-8-5-6-11-17(15)22-20(25)21(18-12-7-13-26-18)14-19(24)23(21)16-9-3-2-4-10-16/h2-13H,14H2,1H3,(H,22,25)/t21-/m0/s1. The molecular weight excluding hydrogens is 344 g/mol. The van der Waals surface area contributed by atoms with E-state index in [1.807, 2.05) is 79.0 Å². The number of carbonyl (C=O) groups is 2. The third kappa shape index (κ3) is 2.52. The number of hydrogen-bond donors (Lipinski definition) is 1. The number of β-lactam (4-membered cyclic amide) rings is 1. The van der Waals surface area contributed by atoms with Crippen LogP contribution < -0.4 is 10.2 Å². The molecule has 1 aliphatic rings. The van der Waals surface area contributed by atoms with Gasteiger partial charge in [-0.05, 0) is 42.1 Å². The van der Waals surface area contributed by atoms with E-state index in [4.69, 9.17) is 0 Å². The second-order valence-electron chi connectivity index (χ2n) is 6.35. The quantitative estimate of drug-likeness (QED) is 0.703. The maximum atomic E-state index is 13.4. The van der Waals surface area contributed by atoms with Crippen LogP contribution >= 0.6 is 11.3 Å². The van der Waals surface area contributed by atoms with Crippen molar-refractivity contribution < 1.29 is 9.59 Å². The van der Waals surface area contributed by atoms with Gasteiger partial charge >= 0.3 is 0 Å². The molecule has 2 aromatic carbocycles. The second kappa shape index (κ2) is 6.42. The molecule has 1 atom stereocenters. The molecule has 4 rings (SSSR count). The first kappa shape index (κ1) is 16.5. The van der Waals surface area contributed by atoms with E-state index in [0.29, 0.717) is 0 Å². The van der Waals surface area contributed by atoms with Crippen molar-refractivity contribution in [2.75, 3.05) is 10.2 Å². The van der Waals surface area contributed by atoms with Crippen LogP contribution in [0.25, 0.3) is 0 Å². The lowest BCUT2D eigenvalue weighted by atomic mass is 9.80. The van der Waals surface area contributed by atoms with Crippen molar-refractivity contribution in [3.8, 4) is 0 Å². The van der Waals surface area contributed by atoms with Crippen molar-refractivity contribution in [1.29, 1.82) is 0 Å². The summed E-state index contributed by atoms with van der Waals surface area (Å²) in [6.07, 6.45) is 0.167. The average Bonchev–Trinajstić information content (AvgIpc) is 3.16. The number of hydrogen-bond acceptors (Lipinski definition) is 3. The van der Waals surface area contributed by atoms with Gasteiger partial charge in [-0.2, -0.15) is 0 Å². The van der Waals surface area contributed by atoms with Crippen molar-refractivity contribution in [3.63, 3.8) is 0 Å². The maximum absolute atomic E-state index is 13.4. The Kier molecular flexibility index (Phi) is 4.09. The van der Waals surface area contributed by atoms with Crippen LogP contribution in [-0.4, -0.2) is 11.8 Å². The Bertz CT molecular complexity index is 953. The van der Waals surface area contributed by atoms with Crippen LogP contribution in [0, 0.1) is 6.92 Å². The van der Waals surface area contributed by atoms with Crippen molar-refractivity contribution in [3.05, 3.63) is 82.6 Å². The first-order valence-corrected chi connectivity index (χ1v) is 9.30. The van der Waals surface area contributed by atoms with Crippen molar-refractivity contribution in [2.24, 2.45) is 0 Å². The normalized spacial score (nSPS) is 19.1. The highest BCUT2D eigenvalue weighted by Gasteiger charge is 2.59. The Morgan fingerprint density at radius 2 is 1.77 bits per heavy atom. The number of nitrogens with one attached hydrogen (secondary N) is 1. The monoisotopic (exact) mass is 362 g/mol. The zero-order valence-electron chi connectivity index (χ0n) is 14.3. The number of para-hydroxylation sites is 2. The molecule has 1 N–H and O–H groups in total. The Morgan fingerprint density at radius 3 is 2.42 bits per heavy atom. The number of thiophene rings is 1. The van der Waals surface area contributed by atoms with Gasteiger partial charge in [-0.3, -0.25) is 14.5 Å². The van der Waals surface area contributed by atoms with E-state index in [-0.39, 0.29) is 18.2 Å². The predicted octanol–water partition coefficient (Wildman–Crippen LogP) is 4.33. The molecule has 1 aliphatic heterocycles. The summed E-state index contributed by atoms with van der Waals surface area (Å²) in [5, 5.41) is 4.97. The number of rotatable bonds is 4. The summed E-state index contributed by atoms with van der Waals surface area (Å²) in [4.78, 5) is 28.4. The minimum atomic E-state index is -1.01. The zero-order valence-corrected chi connectivity index (χ0v) is 15.1. The highest BCUT2D eigenvalue weighted by Crippen LogP contribution is 2.47. The Hall–Kier alpha value is -2.92. The summed E-state index contributed by atoms with van der Waals surface area (Å²) in [6, 6.07) is 20.9. The molecular formula is C21H18N2O2S. The van der Waals surface area contributed by atoms with E-state index in [1.165, 1.54) is 11.3 Å². The van der Waals surface area contributed by atoms with Crippen LogP contribution in [0.3, 0.4) is 0 Å². The largest absolute Gasteiger partial charge is 0.323 e. The minimum Gasteiger partial charge on any atom is -0.323 e. The van der Waals surface area contributed by atoms with Gasteiger partial charge in [-0.25, -0.2) is 0 Å². The molecule has 130 valence electrons. The molecule has 2 amide bonds. The van der Waals surface area contributed by atoms with Gasteiger partial charge in [0, 0.05) is 16.3 Å². The van der Waals surface area contributed by atoms with Crippen molar-refractivity contribution in [2.45, 2.75) is 18.9 Å². The molecule has 0 spiro atoms. The highest BCUT2D eigenvalue weighted by molar-refractivity contribution is 7.10. The lowest BCUT2D eigenvalue weighted by Crippen LogP contribution is -2.67. The molecule has 1 aromatic heterocycles. The van der Waals surface area contributed by atoms with Gasteiger partial charge in [0.25, 0.3) is 5.91 Å². The van der Waals surface area contributed by atoms with Gasteiger partial charge in [0.2, 0.25) is 5.91 Å². The van der Waals surface area contributed by atoms with E-state index in [1.54, 1.807) is 4.90 Å². The molecule has 2 heterocycles. The van der Waals surface area contributed by atoms with Crippen LogP contribution in [0.5, 0.6) is 0 Å². The molecule has 5 heteroatoms. The van der Waals surface area contributed by atoms with Crippen LogP contribution in [0.1, 0.15) is 16.9 Å². The fourth-order valence-electron chi connectivity index (χ4n) is 3.38. The highest BCUT2D eigenvalue weighted by atomic mass is 32.1. The summed E-state index contributed by atoms with van der Waals surface area (Å²) in [7, 11) is 0.